The van der Waals surface area contributed by atoms with Gasteiger partial charge in [-0.2, -0.15) is 5.10 Å². The molecule has 0 saturated carbocycles. The lowest BCUT2D eigenvalue weighted by atomic mass is 10.1. The predicted octanol–water partition coefficient (Wildman–Crippen LogP) is 3.71. The van der Waals surface area contributed by atoms with Gasteiger partial charge in [-0.1, -0.05) is 37.3 Å². The Morgan fingerprint density at radius 1 is 1.17 bits per heavy atom. The molecular formula is C23H37IN6. The van der Waals surface area contributed by atoms with E-state index in [-0.39, 0.29) is 24.0 Å². The number of rotatable bonds is 7. The lowest BCUT2D eigenvalue weighted by Crippen LogP contribution is -2.48. The van der Waals surface area contributed by atoms with E-state index in [0.717, 1.165) is 24.7 Å². The first-order valence-corrected chi connectivity index (χ1v) is 10.9. The summed E-state index contributed by atoms with van der Waals surface area (Å²) in [6.45, 7) is 11.6. The molecule has 1 aliphatic heterocycles. The Bertz CT molecular complexity index is 794. The van der Waals surface area contributed by atoms with E-state index in [9.17, 15) is 0 Å². The standard InChI is InChI=1S/C23H36N6.HI/c1-5-13-28-14-11-21(12-15-28)26-23(24-4)25-16-22-18(2)27-29(19(22)3)17-20-9-7-6-8-10-20;/h6-10,21H,5,11-17H2,1-4H3,(H2,24,25,26);1H. The molecule has 2 N–H and O–H groups in total. The van der Waals surface area contributed by atoms with E-state index >= 15 is 0 Å². The molecule has 1 fully saturated rings. The first kappa shape index (κ1) is 24.7. The fourth-order valence-corrected chi connectivity index (χ4v) is 4.08. The third kappa shape index (κ3) is 6.70. The highest BCUT2D eigenvalue weighted by atomic mass is 127. The van der Waals surface area contributed by atoms with Crippen LogP contribution >= 0.6 is 24.0 Å². The van der Waals surface area contributed by atoms with Crippen molar-refractivity contribution in [2.45, 2.75) is 59.2 Å². The summed E-state index contributed by atoms with van der Waals surface area (Å²) in [4.78, 5) is 7.00. The third-order valence-electron chi connectivity index (χ3n) is 5.83. The van der Waals surface area contributed by atoms with Crippen LogP contribution in [0.4, 0.5) is 0 Å². The van der Waals surface area contributed by atoms with Gasteiger partial charge in [0.15, 0.2) is 5.96 Å². The van der Waals surface area contributed by atoms with Gasteiger partial charge in [0.2, 0.25) is 0 Å². The topological polar surface area (TPSA) is 57.5 Å². The molecule has 0 radical (unpaired) electrons. The van der Waals surface area contributed by atoms with Crippen molar-refractivity contribution in [2.24, 2.45) is 4.99 Å². The van der Waals surface area contributed by atoms with Crippen LogP contribution in [0.3, 0.4) is 0 Å². The average Bonchev–Trinajstić information content (AvgIpc) is 3.00. The van der Waals surface area contributed by atoms with E-state index in [0.29, 0.717) is 6.04 Å². The maximum absolute atomic E-state index is 4.76. The quantitative estimate of drug-likeness (QED) is 0.330. The first-order chi connectivity index (χ1) is 14.1. The highest BCUT2D eigenvalue weighted by molar-refractivity contribution is 14.0. The third-order valence-corrected chi connectivity index (χ3v) is 5.83. The molecule has 7 heteroatoms. The molecule has 6 nitrogen and oxygen atoms in total. The zero-order chi connectivity index (χ0) is 20.6. The number of piperidine rings is 1. The molecule has 0 spiro atoms. The van der Waals surface area contributed by atoms with E-state index in [1.165, 1.54) is 55.7 Å². The van der Waals surface area contributed by atoms with Crippen LogP contribution < -0.4 is 10.6 Å². The number of halogens is 1. The monoisotopic (exact) mass is 524 g/mol. The molecule has 3 rings (SSSR count). The van der Waals surface area contributed by atoms with Crippen LogP contribution in [-0.4, -0.2) is 53.4 Å². The number of nitrogens with zero attached hydrogens (tertiary/aromatic N) is 4. The normalized spacial score (nSPS) is 15.7. The summed E-state index contributed by atoms with van der Waals surface area (Å²) in [5.74, 6) is 0.883. The van der Waals surface area contributed by atoms with Crippen molar-refractivity contribution in [1.29, 1.82) is 0 Å². The molecule has 1 saturated heterocycles. The summed E-state index contributed by atoms with van der Waals surface area (Å²) in [5.41, 5.74) is 4.81. The minimum atomic E-state index is 0. The van der Waals surface area contributed by atoms with E-state index in [1.54, 1.807) is 0 Å². The summed E-state index contributed by atoms with van der Waals surface area (Å²) in [6.07, 6.45) is 3.58. The summed E-state index contributed by atoms with van der Waals surface area (Å²) in [7, 11) is 1.85. The smallest absolute Gasteiger partial charge is 0.191 e. The van der Waals surface area contributed by atoms with Crippen LogP contribution in [0.25, 0.3) is 0 Å². The molecule has 2 aromatic rings. The van der Waals surface area contributed by atoms with Crippen LogP contribution in [0.5, 0.6) is 0 Å². The van der Waals surface area contributed by atoms with Gasteiger partial charge in [0.1, 0.15) is 0 Å². The molecule has 30 heavy (non-hydrogen) atoms. The maximum atomic E-state index is 4.76. The second kappa shape index (κ2) is 12.3. The van der Waals surface area contributed by atoms with Crippen molar-refractivity contribution < 1.29 is 0 Å². The zero-order valence-corrected chi connectivity index (χ0v) is 21.1. The van der Waals surface area contributed by atoms with Crippen LogP contribution in [0, 0.1) is 13.8 Å². The molecule has 0 aliphatic carbocycles. The van der Waals surface area contributed by atoms with Gasteiger partial charge >= 0.3 is 0 Å². The van der Waals surface area contributed by atoms with Crippen LogP contribution in [0.2, 0.25) is 0 Å². The number of aryl methyl sites for hydroxylation is 1. The van der Waals surface area contributed by atoms with Crippen molar-refractivity contribution >= 4 is 29.9 Å². The number of aliphatic imine (C=N–C) groups is 1. The number of benzene rings is 1. The van der Waals surface area contributed by atoms with Crippen molar-refractivity contribution in [2.75, 3.05) is 26.7 Å². The molecule has 2 heterocycles. The zero-order valence-electron chi connectivity index (χ0n) is 18.8. The largest absolute Gasteiger partial charge is 0.354 e. The number of hydrogen-bond acceptors (Lipinski definition) is 3. The fourth-order valence-electron chi connectivity index (χ4n) is 4.08. The predicted molar refractivity (Wildman–Crippen MR) is 136 cm³/mol. The lowest BCUT2D eigenvalue weighted by Gasteiger charge is -2.32. The second-order valence-corrected chi connectivity index (χ2v) is 7.98. The number of guanidine groups is 1. The summed E-state index contributed by atoms with van der Waals surface area (Å²) in [6, 6.07) is 11.0. The van der Waals surface area contributed by atoms with Gasteiger partial charge in [0.05, 0.1) is 12.2 Å². The van der Waals surface area contributed by atoms with Gasteiger partial charge < -0.3 is 15.5 Å². The van der Waals surface area contributed by atoms with Gasteiger partial charge in [-0.25, -0.2) is 0 Å². The van der Waals surface area contributed by atoms with Crippen LogP contribution in [0.15, 0.2) is 35.3 Å². The summed E-state index contributed by atoms with van der Waals surface area (Å²) < 4.78 is 2.10. The number of nitrogens with one attached hydrogen (secondary N) is 2. The Kier molecular flexibility index (Phi) is 10.1. The molecule has 0 atom stereocenters. The molecule has 0 amide bonds. The Morgan fingerprint density at radius 3 is 2.50 bits per heavy atom. The molecule has 166 valence electrons. The lowest BCUT2D eigenvalue weighted by molar-refractivity contribution is 0.206. The number of likely N-dealkylation sites (tertiary alicyclic amines) is 1. The number of hydrogen-bond donors (Lipinski definition) is 2. The SMILES string of the molecule is CCCN1CCC(NC(=NC)NCc2c(C)nn(Cc3ccccc3)c2C)CC1.I. The average molecular weight is 524 g/mol. The molecule has 0 unspecified atom stereocenters. The minimum Gasteiger partial charge on any atom is -0.354 e. The van der Waals surface area contributed by atoms with E-state index in [4.69, 9.17) is 5.10 Å². The van der Waals surface area contributed by atoms with E-state index in [2.05, 4.69) is 70.2 Å². The molecule has 1 aliphatic rings. The highest BCUT2D eigenvalue weighted by Gasteiger charge is 2.19. The molecule has 1 aromatic carbocycles. The van der Waals surface area contributed by atoms with Crippen molar-refractivity contribution in [1.82, 2.24) is 25.3 Å². The van der Waals surface area contributed by atoms with E-state index < -0.39 is 0 Å². The summed E-state index contributed by atoms with van der Waals surface area (Å²) in [5, 5.41) is 11.9. The van der Waals surface area contributed by atoms with Crippen LogP contribution in [0.1, 0.15) is 48.7 Å². The Balaban J connectivity index is 0.00000320. The van der Waals surface area contributed by atoms with Crippen LogP contribution in [-0.2, 0) is 13.1 Å². The fraction of sp³-hybridized carbons (Fsp3) is 0.565. The Labute approximate surface area is 198 Å². The number of aromatic nitrogens is 2. The highest BCUT2D eigenvalue weighted by Crippen LogP contribution is 2.15. The summed E-state index contributed by atoms with van der Waals surface area (Å²) >= 11 is 0. The van der Waals surface area contributed by atoms with Gasteiger partial charge in [-0.05, 0) is 45.2 Å². The maximum Gasteiger partial charge on any atom is 0.191 e. The van der Waals surface area contributed by atoms with Gasteiger partial charge in [-0.3, -0.25) is 9.67 Å². The second-order valence-electron chi connectivity index (χ2n) is 7.98. The van der Waals surface area contributed by atoms with Gasteiger partial charge in [-0.15, -0.1) is 24.0 Å². The van der Waals surface area contributed by atoms with Gasteiger partial charge in [0, 0.05) is 44.0 Å². The van der Waals surface area contributed by atoms with Crippen molar-refractivity contribution in [3.63, 3.8) is 0 Å². The molecule has 0 bridgehead atoms. The minimum absolute atomic E-state index is 0. The van der Waals surface area contributed by atoms with Crippen molar-refractivity contribution in [3.8, 4) is 0 Å². The van der Waals surface area contributed by atoms with E-state index in [1.807, 2.05) is 13.1 Å². The van der Waals surface area contributed by atoms with Gasteiger partial charge in [0.25, 0.3) is 0 Å². The molecular weight excluding hydrogens is 487 g/mol. The Hall–Kier alpha value is -1.61. The van der Waals surface area contributed by atoms with Crippen molar-refractivity contribution in [3.05, 3.63) is 52.8 Å². The first-order valence-electron chi connectivity index (χ1n) is 10.9. The Morgan fingerprint density at radius 2 is 1.87 bits per heavy atom. The molecule has 1 aromatic heterocycles.